The highest BCUT2D eigenvalue weighted by Gasteiger charge is 2.46. The van der Waals surface area contributed by atoms with Crippen molar-refractivity contribution >= 4 is 31.5 Å². The molecule has 1 aliphatic rings. The molecule has 0 bridgehead atoms. The number of fused-ring (bicyclic) bond motifs is 6. The van der Waals surface area contributed by atoms with E-state index in [0.29, 0.717) is 48.7 Å². The molecule has 3 nitrogen and oxygen atoms in total. The molecule has 2 heterocycles. The number of benzene rings is 10. The molecule has 0 atom stereocenters. The zero-order valence-corrected chi connectivity index (χ0v) is 37.3. The van der Waals surface area contributed by atoms with Crippen LogP contribution in [0.25, 0.3) is 98.8 Å². The first-order valence-electron chi connectivity index (χ1n) is 25.6. The summed E-state index contributed by atoms with van der Waals surface area (Å²) >= 11 is 1.13. The first-order valence-corrected chi connectivity index (χ1v) is 23.4. The van der Waals surface area contributed by atoms with Gasteiger partial charge in [0.1, 0.15) is 0 Å². The lowest BCUT2D eigenvalue weighted by Gasteiger charge is -2.34. The van der Waals surface area contributed by atoms with Gasteiger partial charge >= 0.3 is 0 Å². The molecule has 13 rings (SSSR count). The molecule has 318 valence electrons. The largest absolute Gasteiger partial charge is 0.208 e. The lowest BCUT2D eigenvalue weighted by Crippen LogP contribution is -2.28. The van der Waals surface area contributed by atoms with Crippen LogP contribution in [0.15, 0.2) is 249 Å². The Hall–Kier alpha value is -8.57. The molecule has 0 radical (unpaired) electrons. The fraction of sp³-hybridized carbons (Fsp3) is 0.0156. The van der Waals surface area contributed by atoms with Crippen LogP contribution in [-0.2, 0) is 5.41 Å². The van der Waals surface area contributed by atoms with Gasteiger partial charge in [-0.05, 0) is 91.0 Å². The van der Waals surface area contributed by atoms with Gasteiger partial charge in [0.15, 0.2) is 17.5 Å². The van der Waals surface area contributed by atoms with E-state index in [1.807, 2.05) is 127 Å². The van der Waals surface area contributed by atoms with Crippen molar-refractivity contribution in [2.45, 2.75) is 5.41 Å². The Morgan fingerprint density at radius 3 is 1.60 bits per heavy atom. The number of hydrogen-bond acceptors (Lipinski definition) is 4. The monoisotopic (exact) mass is 889 g/mol. The average Bonchev–Trinajstić information content (AvgIpc) is 4.02. The van der Waals surface area contributed by atoms with E-state index in [9.17, 15) is 6.85 Å². The van der Waals surface area contributed by atoms with Crippen molar-refractivity contribution in [3.8, 4) is 78.7 Å². The molecule has 10 aromatic carbocycles. The summed E-state index contributed by atoms with van der Waals surface area (Å²) < 4.78 is 58.1. The van der Waals surface area contributed by atoms with Crippen LogP contribution < -0.4 is 0 Å². The lowest BCUT2D eigenvalue weighted by atomic mass is 9.67. The molecule has 0 spiro atoms. The summed E-state index contributed by atoms with van der Waals surface area (Å²) in [6.07, 6.45) is 0. The second kappa shape index (κ2) is 16.4. The highest BCUT2D eigenvalue weighted by atomic mass is 32.1. The number of rotatable bonds is 8. The summed E-state index contributed by atoms with van der Waals surface area (Å²) in [6, 6.07) is 70.4. The summed E-state index contributed by atoms with van der Waals surface area (Å²) in [5.74, 6) is 0.718. The van der Waals surface area contributed by atoms with E-state index in [-0.39, 0.29) is 53.0 Å². The van der Waals surface area contributed by atoms with E-state index in [1.165, 1.54) is 0 Å². The molecule has 0 saturated carbocycles. The van der Waals surface area contributed by atoms with Crippen LogP contribution >= 0.6 is 11.3 Å². The Morgan fingerprint density at radius 1 is 0.353 bits per heavy atom. The highest BCUT2D eigenvalue weighted by Crippen LogP contribution is 2.56. The van der Waals surface area contributed by atoms with Gasteiger partial charge in [-0.1, -0.05) is 224 Å². The Kier molecular flexibility index (Phi) is 8.16. The fourth-order valence-electron chi connectivity index (χ4n) is 10.1. The first-order chi connectivity index (χ1) is 36.2. The standard InChI is InChI=1S/C64H41N3S/c1-5-19-42(20-6-1)44-23-17-24-45(39-44)61-65-62(46-35-37-53-52-31-15-16-33-56(52)64(57(53)40-46,48-25-9-3-10-26-48)49-27-11-4-12-28-49)67-63(66-61)47-36-38-55-59(41-47)68-58-34-18-32-54(60(55)58)51-30-14-13-29-50(51)43-21-7-2-8-22-43/h1-41H/i18D,32D,34D,36D,38D,41D. The van der Waals surface area contributed by atoms with Gasteiger partial charge in [0.2, 0.25) is 0 Å². The van der Waals surface area contributed by atoms with E-state index in [1.54, 1.807) is 0 Å². The molecule has 0 unspecified atom stereocenters. The molecule has 0 N–H and O–H groups in total. The van der Waals surface area contributed by atoms with Gasteiger partial charge in [0, 0.05) is 36.9 Å². The number of nitrogens with zero attached hydrogens (tertiary/aromatic N) is 3. The van der Waals surface area contributed by atoms with Gasteiger partial charge in [-0.15, -0.1) is 11.3 Å². The minimum absolute atomic E-state index is 0.0459. The Labute approximate surface area is 407 Å². The second-order valence-electron chi connectivity index (χ2n) is 17.0. The van der Waals surface area contributed by atoms with Gasteiger partial charge < -0.3 is 0 Å². The second-order valence-corrected chi connectivity index (χ2v) is 18.0. The van der Waals surface area contributed by atoms with Gasteiger partial charge in [-0.2, -0.15) is 0 Å². The maximum absolute atomic E-state index is 10.0. The molecule has 12 aromatic rings. The third kappa shape index (κ3) is 6.52. The van der Waals surface area contributed by atoms with Gasteiger partial charge in [-0.3, -0.25) is 0 Å². The normalized spacial score (nSPS) is 13.8. The number of hydrogen-bond donors (Lipinski definition) is 0. The summed E-state index contributed by atoms with van der Waals surface area (Å²) in [7, 11) is 0. The van der Waals surface area contributed by atoms with Crippen molar-refractivity contribution in [3.63, 3.8) is 0 Å². The molecule has 0 saturated heterocycles. The molecule has 4 heteroatoms. The predicted molar refractivity (Wildman–Crippen MR) is 283 cm³/mol. The minimum Gasteiger partial charge on any atom is -0.208 e. The molecule has 68 heavy (non-hydrogen) atoms. The topological polar surface area (TPSA) is 38.7 Å². The van der Waals surface area contributed by atoms with Crippen molar-refractivity contribution in [3.05, 3.63) is 271 Å². The summed E-state index contributed by atoms with van der Waals surface area (Å²) in [5, 5.41) is 0.692. The van der Waals surface area contributed by atoms with Gasteiger partial charge in [0.25, 0.3) is 0 Å². The lowest BCUT2D eigenvalue weighted by molar-refractivity contribution is 0.768. The first kappa shape index (κ1) is 33.8. The van der Waals surface area contributed by atoms with Crippen LogP contribution in [0.3, 0.4) is 0 Å². The Balaban J connectivity index is 1.07. The molecule has 1 aliphatic carbocycles. The summed E-state index contributed by atoms with van der Waals surface area (Å²) in [6.45, 7) is 0. The van der Waals surface area contributed by atoms with E-state index in [0.717, 1.165) is 67.0 Å². The third-order valence-corrected chi connectivity index (χ3v) is 14.2. The van der Waals surface area contributed by atoms with Crippen molar-refractivity contribution in [1.82, 2.24) is 15.0 Å². The molecule has 0 fully saturated rings. The molecular weight excluding hydrogens is 843 g/mol. The van der Waals surface area contributed by atoms with Crippen LogP contribution in [-0.4, -0.2) is 15.0 Å². The van der Waals surface area contributed by atoms with Gasteiger partial charge in [-0.25, -0.2) is 15.0 Å². The molecule has 2 aromatic heterocycles. The Morgan fingerprint density at radius 2 is 0.897 bits per heavy atom. The van der Waals surface area contributed by atoms with Crippen LogP contribution in [0, 0.1) is 0 Å². The van der Waals surface area contributed by atoms with Crippen molar-refractivity contribution in [1.29, 1.82) is 0 Å². The zero-order chi connectivity index (χ0) is 50.2. The van der Waals surface area contributed by atoms with Crippen molar-refractivity contribution in [2.75, 3.05) is 0 Å². The molecule has 0 aliphatic heterocycles. The number of thiophene rings is 1. The van der Waals surface area contributed by atoms with E-state index in [2.05, 4.69) is 84.9 Å². The maximum Gasteiger partial charge on any atom is 0.164 e. The van der Waals surface area contributed by atoms with Crippen molar-refractivity contribution < 1.29 is 8.22 Å². The van der Waals surface area contributed by atoms with Crippen LogP contribution in [0.4, 0.5) is 0 Å². The summed E-state index contributed by atoms with van der Waals surface area (Å²) in [4.78, 5) is 15.5. The van der Waals surface area contributed by atoms with E-state index < -0.39 is 5.41 Å². The maximum atomic E-state index is 10.0. The fourth-order valence-corrected chi connectivity index (χ4v) is 11.2. The zero-order valence-electron chi connectivity index (χ0n) is 42.5. The summed E-state index contributed by atoms with van der Waals surface area (Å²) in [5.41, 5.74) is 12.2. The average molecular weight is 890 g/mol. The number of aromatic nitrogens is 3. The van der Waals surface area contributed by atoms with Crippen LogP contribution in [0.5, 0.6) is 0 Å². The third-order valence-electron chi connectivity index (χ3n) is 13.2. The quantitative estimate of drug-likeness (QED) is 0.153. The molecule has 0 amide bonds. The van der Waals surface area contributed by atoms with Gasteiger partial charge in [0.05, 0.1) is 13.6 Å². The minimum atomic E-state index is -0.697. The van der Waals surface area contributed by atoms with Crippen LogP contribution in [0.1, 0.15) is 30.5 Å². The van der Waals surface area contributed by atoms with E-state index in [4.69, 9.17) is 16.3 Å². The Bertz CT molecular complexity index is 4170. The van der Waals surface area contributed by atoms with E-state index >= 15 is 0 Å². The van der Waals surface area contributed by atoms with Crippen LogP contribution in [0.2, 0.25) is 0 Å². The van der Waals surface area contributed by atoms with Crippen molar-refractivity contribution in [2.24, 2.45) is 0 Å². The predicted octanol–water partition coefficient (Wildman–Crippen LogP) is 16.6. The SMILES string of the molecule is [2H]c1c([2H])c(-c2ccccc2-c2ccccc2)c2c(sc3c([2H])c(-c4nc(-c5cccc(-c6ccccc6)c5)nc(-c5ccc6c(c5)C(c5ccccc5)(c5ccccc5)c5ccccc5-6)n4)c([2H])c([2H])c32)c1[2H]. The smallest absolute Gasteiger partial charge is 0.164 e. The highest BCUT2D eigenvalue weighted by molar-refractivity contribution is 7.26. The molecular formula is C64H41N3S.